The number of unbranched alkanes of at least 4 members (excludes halogenated alkanes) is 25. The van der Waals surface area contributed by atoms with Gasteiger partial charge in [-0.2, -0.15) is 0 Å². The monoisotopic (exact) mass is 1350 g/mol. The summed E-state index contributed by atoms with van der Waals surface area (Å²) >= 11 is 0. The van der Waals surface area contributed by atoms with E-state index >= 15 is 0 Å². The van der Waals surface area contributed by atoms with Gasteiger partial charge in [0.15, 0.2) is 17.5 Å². The van der Waals surface area contributed by atoms with Gasteiger partial charge in [-0.05, 0) is 221 Å². The fraction of sp³-hybridized carbons (Fsp3) is 0.667. The van der Waals surface area contributed by atoms with E-state index in [0.717, 1.165) is 108 Å². The summed E-state index contributed by atoms with van der Waals surface area (Å²) in [6.07, 6.45) is 72.5. The predicted molar refractivity (Wildman–Crippen MR) is 419 cm³/mol. The highest BCUT2D eigenvalue weighted by atomic mass is 16.5. The molecule has 0 N–H and O–H groups in total. The number of nitrogens with zero attached hydrogens (tertiary/aromatic N) is 6. The second-order valence-electron chi connectivity index (χ2n) is 30.1. The zero-order chi connectivity index (χ0) is 69.4. The maximum Gasteiger partial charge on any atom is 0.159 e. The van der Waals surface area contributed by atoms with Crippen molar-refractivity contribution >= 4 is 0 Å². The van der Waals surface area contributed by atoms with E-state index in [2.05, 4.69) is 147 Å². The van der Waals surface area contributed by atoms with Crippen molar-refractivity contribution in [3.05, 3.63) is 127 Å². The van der Waals surface area contributed by atoms with Crippen LogP contribution in [0.4, 0.5) is 0 Å². The second-order valence-corrected chi connectivity index (χ2v) is 30.1. The Labute approximate surface area is 604 Å². The number of hydrogen-bond acceptors (Lipinski definition) is 9. The Morgan fingerprint density at radius 1 is 0.253 bits per heavy atom. The Morgan fingerprint density at radius 2 is 0.495 bits per heavy atom. The van der Waals surface area contributed by atoms with Crippen molar-refractivity contribution in [3.8, 4) is 51.4 Å². The Hall–Kier alpha value is -5.70. The molecule has 3 fully saturated rings. The largest absolute Gasteiger partial charge is 0.494 e. The van der Waals surface area contributed by atoms with E-state index in [4.69, 9.17) is 24.2 Å². The topological polar surface area (TPSA) is 105 Å². The van der Waals surface area contributed by atoms with Crippen LogP contribution in [0.15, 0.2) is 110 Å². The predicted octanol–water partition coefficient (Wildman–Crippen LogP) is 27.4. The van der Waals surface area contributed by atoms with Gasteiger partial charge in [0, 0.05) is 53.9 Å². The molecule has 0 saturated heterocycles. The normalized spacial score (nSPS) is 18.4. The number of rotatable bonds is 45. The molecular formula is C90H138N6O3. The van der Waals surface area contributed by atoms with E-state index in [-0.39, 0.29) is 0 Å². The van der Waals surface area contributed by atoms with Crippen LogP contribution >= 0.6 is 0 Å². The summed E-state index contributed by atoms with van der Waals surface area (Å²) in [5.74, 6) is 9.99. The van der Waals surface area contributed by atoms with Crippen LogP contribution in [-0.4, -0.2) is 49.7 Å². The molecule has 0 bridgehead atoms. The Bertz CT molecular complexity index is 2880. The zero-order valence-electron chi connectivity index (χ0n) is 63.7. The van der Waals surface area contributed by atoms with Gasteiger partial charge in [-0.1, -0.05) is 234 Å². The molecule has 0 spiro atoms. The summed E-state index contributed by atoms with van der Waals surface area (Å²) in [6.45, 7) is 16.2. The van der Waals surface area contributed by atoms with Gasteiger partial charge in [-0.15, -0.1) is 0 Å². The SMILES string of the molecule is CCCCCCCCCCCOc1ccc(-c2ncc(C3CCC(CC)CC3)cn2)cc1.CCCCCCCCCCCOc1ccc(-c2ncc(C3CCC(CCC)CC3)cn2)cc1.CCCCCCCCCCCOc1ccc(-c2ncc(C3CCC(CCCC)CC3)cn2)cc1. The fourth-order valence-corrected chi connectivity index (χ4v) is 15.4. The average molecular weight is 1350 g/mol. The lowest BCUT2D eigenvalue weighted by atomic mass is 9.78. The summed E-state index contributed by atoms with van der Waals surface area (Å²) in [6, 6.07) is 24.8. The molecule has 3 heterocycles. The summed E-state index contributed by atoms with van der Waals surface area (Å²) in [4.78, 5) is 28.1. The number of ether oxygens (including phenoxy) is 3. The Balaban J connectivity index is 0.000000209. The molecule has 3 aromatic carbocycles. The standard InChI is InChI=1S/C31H48N2O.C30H46N2O.C29H44N2O/c1-3-5-7-8-9-10-11-12-13-23-34-30-21-19-28(20-22-30)31-32-24-29(25-33-31)27-17-15-26(16-18-27)14-6-4-2;1-3-5-6-7-8-9-10-11-12-22-33-29-20-18-27(19-21-29)30-31-23-28(24-32-30)26-16-14-25(13-4-2)15-17-26;1-3-5-6-7-8-9-10-11-12-21-32-28-19-17-26(18-20-28)29-30-22-27(23-31-29)25-15-13-24(4-2)14-16-25/h19-22,24-27H,3-18,23H2,1-2H3;18-21,23-26H,3-17,22H2,1-2H3;17-20,22-25H,3-16,21H2,1-2H3. The molecule has 99 heavy (non-hydrogen) atoms. The van der Waals surface area contributed by atoms with Crippen LogP contribution in [0.2, 0.25) is 0 Å². The summed E-state index contributed by atoms with van der Waals surface area (Å²) in [5, 5.41) is 0. The van der Waals surface area contributed by atoms with E-state index in [1.807, 2.05) is 24.5 Å². The smallest absolute Gasteiger partial charge is 0.159 e. The van der Waals surface area contributed by atoms with Crippen LogP contribution in [0.3, 0.4) is 0 Å². The minimum absolute atomic E-state index is 0.642. The maximum absolute atomic E-state index is 5.95. The first-order chi connectivity index (χ1) is 48.9. The number of hydrogen-bond donors (Lipinski definition) is 0. The van der Waals surface area contributed by atoms with Crippen molar-refractivity contribution in [1.82, 2.24) is 29.9 Å². The van der Waals surface area contributed by atoms with Crippen molar-refractivity contribution in [1.29, 1.82) is 0 Å². The van der Waals surface area contributed by atoms with Gasteiger partial charge in [0.2, 0.25) is 0 Å². The van der Waals surface area contributed by atoms with Gasteiger partial charge >= 0.3 is 0 Å². The molecule has 0 radical (unpaired) electrons. The molecule has 3 aliphatic carbocycles. The lowest BCUT2D eigenvalue weighted by molar-refractivity contribution is 0.304. The third kappa shape index (κ3) is 32.0. The summed E-state index contributed by atoms with van der Waals surface area (Å²) in [7, 11) is 0. The molecule has 3 saturated carbocycles. The van der Waals surface area contributed by atoms with Gasteiger partial charge in [0.05, 0.1) is 19.8 Å². The van der Waals surface area contributed by atoms with E-state index in [1.165, 1.54) is 286 Å². The molecule has 9 heteroatoms. The third-order valence-electron chi connectivity index (χ3n) is 22.1. The average Bonchev–Trinajstić information content (AvgIpc) is 1.22. The Kier molecular flexibility index (Phi) is 41.2. The Morgan fingerprint density at radius 3 is 0.747 bits per heavy atom. The van der Waals surface area contributed by atoms with Crippen LogP contribution in [0.5, 0.6) is 17.2 Å². The highest BCUT2D eigenvalue weighted by Crippen LogP contribution is 2.40. The first-order valence-corrected chi connectivity index (χ1v) is 41.5. The van der Waals surface area contributed by atoms with Crippen LogP contribution in [-0.2, 0) is 0 Å². The third-order valence-corrected chi connectivity index (χ3v) is 22.1. The minimum atomic E-state index is 0.642. The molecule has 9 nitrogen and oxygen atoms in total. The van der Waals surface area contributed by atoms with E-state index in [1.54, 1.807) is 0 Å². The van der Waals surface area contributed by atoms with Crippen molar-refractivity contribution in [3.63, 3.8) is 0 Å². The molecule has 546 valence electrons. The summed E-state index contributed by atoms with van der Waals surface area (Å²) in [5.41, 5.74) is 7.12. The molecule has 0 atom stereocenters. The quantitative estimate of drug-likeness (QED) is 0.0346. The molecule has 0 unspecified atom stereocenters. The van der Waals surface area contributed by atoms with Gasteiger partial charge in [0.1, 0.15) is 17.2 Å². The minimum Gasteiger partial charge on any atom is -0.494 e. The zero-order valence-corrected chi connectivity index (χ0v) is 63.7. The van der Waals surface area contributed by atoms with Crippen LogP contribution in [0.1, 0.15) is 365 Å². The van der Waals surface area contributed by atoms with E-state index in [9.17, 15) is 0 Å². The first-order valence-electron chi connectivity index (χ1n) is 41.5. The van der Waals surface area contributed by atoms with Crippen LogP contribution < -0.4 is 14.2 Å². The molecule has 6 aromatic rings. The second kappa shape index (κ2) is 50.6. The van der Waals surface area contributed by atoms with Gasteiger partial charge in [0.25, 0.3) is 0 Å². The van der Waals surface area contributed by atoms with Crippen LogP contribution in [0, 0.1) is 17.8 Å². The van der Waals surface area contributed by atoms with E-state index in [0.29, 0.717) is 17.8 Å². The maximum atomic E-state index is 5.95. The van der Waals surface area contributed by atoms with Gasteiger partial charge in [-0.25, -0.2) is 29.9 Å². The lowest BCUT2D eigenvalue weighted by Crippen LogP contribution is -2.13. The molecular weight excluding hydrogens is 1210 g/mol. The number of aromatic nitrogens is 6. The molecule has 0 amide bonds. The highest BCUT2D eigenvalue weighted by Gasteiger charge is 2.25. The molecule has 0 aliphatic heterocycles. The molecule has 3 aromatic heterocycles. The first kappa shape index (κ1) is 80.6. The van der Waals surface area contributed by atoms with Crippen molar-refractivity contribution in [2.24, 2.45) is 17.8 Å². The highest BCUT2D eigenvalue weighted by molar-refractivity contribution is 5.58. The van der Waals surface area contributed by atoms with Crippen LogP contribution in [0.25, 0.3) is 34.2 Å². The fourth-order valence-electron chi connectivity index (χ4n) is 15.4. The van der Waals surface area contributed by atoms with Crippen molar-refractivity contribution < 1.29 is 14.2 Å². The van der Waals surface area contributed by atoms with Gasteiger partial charge in [-0.3, -0.25) is 0 Å². The molecule has 9 rings (SSSR count). The lowest BCUT2D eigenvalue weighted by Gasteiger charge is -2.28. The van der Waals surface area contributed by atoms with Crippen molar-refractivity contribution in [2.45, 2.75) is 348 Å². The van der Waals surface area contributed by atoms with Crippen molar-refractivity contribution in [2.75, 3.05) is 19.8 Å². The summed E-state index contributed by atoms with van der Waals surface area (Å²) < 4.78 is 17.8. The van der Waals surface area contributed by atoms with Gasteiger partial charge < -0.3 is 14.2 Å². The number of benzene rings is 3. The van der Waals surface area contributed by atoms with E-state index < -0.39 is 0 Å². The molecule has 3 aliphatic rings.